The predicted molar refractivity (Wildman–Crippen MR) is 441 cm³/mol. The Morgan fingerprint density at radius 1 is 0.504 bits per heavy atom. The molecule has 4 fully saturated rings. The number of nitrogens with zero attached hydrogens (tertiary/aromatic N) is 8. The van der Waals surface area contributed by atoms with Crippen molar-refractivity contribution < 1.29 is 75.0 Å². The molecule has 6 aliphatic heterocycles. The molecule has 6 aliphatic rings. The Bertz CT molecular complexity index is 5690. The molecule has 4 saturated heterocycles. The Morgan fingerprint density at radius 3 is 1.31 bits per heavy atom. The normalized spacial score (nSPS) is 20.3. The Balaban J connectivity index is 0.000000182. The standard InChI is InChI=1S/C48H54FN9O8.C40H46BN5O7/c1-24(2)40(54-47(61)63-6)44(59)56-16-8-9-35(56)42-50-22-33(52-42)28-11-13-31-36-18-29-17-27(12-14-34(29)58(36)46(66-39(31)19-28)38-15-10-26(5)65-38)32-21-51-43(53-32)37-20-30(49)23-57(37)45(60)41(25(3)4)55-48(62)64-7;1-22(2)34(44-38(48)49-8)36(47)45-17-9-10-30(45)35-42-21-28(43-35)24-12-14-27-31-19-25-18-26(41-52-39(4,5)40(6,7)53-41)13-15-29(25)46(31)37(51-33(27)20-24)32-16-11-23(3)50-32/h10-15,17-19,21-22,24-25,30,35,37,40-41,46H,8-9,16,20,23H2,1-7H3,(H,50,52)(H,51,53)(H,54,61)(H,55,62);11-16,18-22,30,34,37H,9-10,17H2,1-8H3,(H,42,43)(H,44,48)/t30-,35+,37+,40+,41+,46?;30-,34-,37?/m10/s1. The zero-order chi connectivity index (χ0) is 83.9. The number of benzene rings is 4. The largest absolute Gasteiger partial charge is 0.494 e. The van der Waals surface area contributed by atoms with Gasteiger partial charge in [-0.1, -0.05) is 71.9 Å². The first-order chi connectivity index (χ1) is 57.0. The quantitative estimate of drug-likeness (QED) is 0.0343. The summed E-state index contributed by atoms with van der Waals surface area (Å²) in [7, 11) is 3.33. The summed E-state index contributed by atoms with van der Waals surface area (Å²) < 4.78 is 72.4. The van der Waals surface area contributed by atoms with E-state index in [4.69, 9.17) is 51.8 Å². The highest BCUT2D eigenvalue weighted by Gasteiger charge is 2.52. The van der Waals surface area contributed by atoms with Crippen LogP contribution in [0.2, 0.25) is 0 Å². The van der Waals surface area contributed by atoms with Gasteiger partial charge in [0.15, 0.2) is 11.5 Å². The number of fused-ring (bicyclic) bond motifs is 10. The fourth-order valence-electron chi connectivity index (χ4n) is 17.1. The van der Waals surface area contributed by atoms with E-state index in [1.807, 2.05) is 121 Å². The lowest BCUT2D eigenvalue weighted by atomic mass is 9.78. The number of aryl methyl sites for hydroxylation is 2. The van der Waals surface area contributed by atoms with E-state index in [2.05, 4.69) is 121 Å². The van der Waals surface area contributed by atoms with E-state index in [1.54, 1.807) is 23.5 Å². The second-order valence-corrected chi connectivity index (χ2v) is 33.6. The SMILES string of the molecule is COC(=O)N[C@H](C(=O)N1CCC[C@H]1c1ncc(-c2ccc3c(c2)OC(c2ccc(C)o2)n2c-3cc3cc(-c4cnc([C@@H]5C[C@@H](F)CN5C(=O)[C@@H](NC(=O)OC)C(C)C)[nH]4)ccc32)[nH]1)C(C)C.COC(=O)N[C@H](C(=O)N1CCC[C@H]1c1ncc(-c2ccc3c(c2)OC(c2ccc(C)o2)n2c-3cc3cc(B4OC(C)(C)C(C)(C)O4)ccc32)[nH]1)C(C)C. The minimum atomic E-state index is -1.26. The fourth-order valence-corrected chi connectivity index (χ4v) is 17.1. The van der Waals surface area contributed by atoms with Crippen molar-refractivity contribution in [1.82, 2.24) is 69.7 Å². The van der Waals surface area contributed by atoms with Crippen LogP contribution in [0.1, 0.15) is 172 Å². The number of aromatic nitrogens is 8. The van der Waals surface area contributed by atoms with Gasteiger partial charge in [0.2, 0.25) is 30.2 Å². The van der Waals surface area contributed by atoms with Gasteiger partial charge in [0.05, 0.1) is 115 Å². The van der Waals surface area contributed by atoms with E-state index in [-0.39, 0.29) is 54.6 Å². The summed E-state index contributed by atoms with van der Waals surface area (Å²) in [5, 5.41) is 9.99. The maximum Gasteiger partial charge on any atom is 0.494 e. The Kier molecular flexibility index (Phi) is 21.7. The summed E-state index contributed by atoms with van der Waals surface area (Å²) in [6, 6.07) is 33.0. The Morgan fingerprint density at radius 2 is 0.899 bits per heavy atom. The molecule has 7 aromatic heterocycles. The lowest BCUT2D eigenvalue weighted by Gasteiger charge is -2.32. The van der Waals surface area contributed by atoms with E-state index in [0.717, 1.165) is 115 Å². The van der Waals surface area contributed by atoms with Crippen LogP contribution in [-0.4, -0.2) is 173 Å². The summed E-state index contributed by atoms with van der Waals surface area (Å²) in [5.74, 6) is 4.79. The van der Waals surface area contributed by atoms with Crippen molar-refractivity contribution >= 4 is 70.4 Å². The molecule has 0 radical (unpaired) electrons. The number of hydrogen-bond donors (Lipinski definition) is 6. The molecule has 31 heteroatoms. The van der Waals surface area contributed by atoms with Crippen LogP contribution >= 0.6 is 0 Å². The first kappa shape index (κ1) is 80.7. The van der Waals surface area contributed by atoms with Crippen molar-refractivity contribution in [3.05, 3.63) is 168 Å². The van der Waals surface area contributed by atoms with E-state index >= 15 is 4.39 Å². The topological polar surface area (TPSA) is 335 Å². The molecule has 17 rings (SSSR count). The number of carbonyl (C=O) groups excluding carboxylic acids is 6. The van der Waals surface area contributed by atoms with E-state index in [0.29, 0.717) is 59.3 Å². The molecular formula is C88H100BFN14O15. The lowest BCUT2D eigenvalue weighted by Crippen LogP contribution is -2.51. The molecule has 0 aliphatic carbocycles. The van der Waals surface area contributed by atoms with Gasteiger partial charge >= 0.3 is 25.4 Å². The van der Waals surface area contributed by atoms with Crippen LogP contribution in [0.4, 0.5) is 18.8 Å². The molecule has 9 atom stereocenters. The zero-order valence-electron chi connectivity index (χ0n) is 69.4. The number of ether oxygens (including phenoxy) is 5. The highest BCUT2D eigenvalue weighted by Crippen LogP contribution is 2.50. The van der Waals surface area contributed by atoms with Crippen molar-refractivity contribution in [2.75, 3.05) is 41.0 Å². The number of amides is 6. The highest BCUT2D eigenvalue weighted by atomic mass is 19.1. The van der Waals surface area contributed by atoms with Gasteiger partial charge in [-0.05, 0) is 169 Å². The molecule has 0 spiro atoms. The second kappa shape index (κ2) is 32.0. The van der Waals surface area contributed by atoms with Crippen molar-refractivity contribution in [3.8, 4) is 67.8 Å². The number of nitrogens with one attached hydrogen (secondary N) is 6. The number of likely N-dealkylation sites (tertiary alicyclic amines) is 3. The average molecular weight is 1620 g/mol. The molecule has 13 heterocycles. The van der Waals surface area contributed by atoms with Crippen LogP contribution < -0.4 is 30.9 Å². The molecule has 29 nitrogen and oxygen atoms in total. The van der Waals surface area contributed by atoms with Crippen molar-refractivity contribution in [2.24, 2.45) is 17.8 Å². The number of H-pyrrole nitrogens is 3. The Hall–Kier alpha value is -12.1. The zero-order valence-corrected chi connectivity index (χ0v) is 69.4. The van der Waals surface area contributed by atoms with Crippen LogP contribution in [0.25, 0.3) is 78.1 Å². The summed E-state index contributed by atoms with van der Waals surface area (Å²) in [6.45, 7) is 24.3. The minimum absolute atomic E-state index is 0.0693. The third-order valence-electron chi connectivity index (χ3n) is 24.1. The third kappa shape index (κ3) is 15.2. The third-order valence-corrected chi connectivity index (χ3v) is 24.1. The number of aromatic amines is 3. The summed E-state index contributed by atoms with van der Waals surface area (Å²) in [4.78, 5) is 107. The highest BCUT2D eigenvalue weighted by molar-refractivity contribution is 6.62. The van der Waals surface area contributed by atoms with E-state index in [1.165, 1.54) is 26.2 Å². The monoisotopic (exact) mass is 1620 g/mol. The van der Waals surface area contributed by atoms with Crippen molar-refractivity contribution in [2.45, 2.75) is 181 Å². The van der Waals surface area contributed by atoms with E-state index in [9.17, 15) is 28.8 Å². The number of alkyl carbamates (subject to hydrolysis) is 3. The maximum absolute atomic E-state index is 15.0. The molecule has 119 heavy (non-hydrogen) atoms. The molecule has 622 valence electrons. The average Bonchev–Trinajstić information content (AvgIpc) is 1.60. The van der Waals surface area contributed by atoms with Gasteiger partial charge in [-0.2, -0.15) is 0 Å². The first-order valence-corrected chi connectivity index (χ1v) is 40.6. The number of halogens is 1. The van der Waals surface area contributed by atoms with Crippen LogP contribution in [0, 0.1) is 31.6 Å². The van der Waals surface area contributed by atoms with Gasteiger partial charge in [0, 0.05) is 58.1 Å². The number of alkyl halides is 1. The van der Waals surface area contributed by atoms with Crippen molar-refractivity contribution in [3.63, 3.8) is 0 Å². The van der Waals surface area contributed by atoms with Crippen LogP contribution in [-0.2, 0) is 37.9 Å². The second-order valence-electron chi connectivity index (χ2n) is 33.6. The molecule has 11 aromatic rings. The van der Waals surface area contributed by atoms with Crippen LogP contribution in [0.15, 0.2) is 137 Å². The molecule has 2 unspecified atom stereocenters. The maximum atomic E-state index is 15.0. The van der Waals surface area contributed by atoms with Crippen molar-refractivity contribution in [1.29, 1.82) is 0 Å². The molecule has 6 amide bonds. The fraction of sp³-hybridized carbons (Fsp3) is 0.420. The van der Waals surface area contributed by atoms with Gasteiger partial charge in [-0.3, -0.25) is 23.5 Å². The number of hydrogen-bond acceptors (Lipinski definition) is 18. The molecule has 6 N–H and O–H groups in total. The summed E-state index contributed by atoms with van der Waals surface area (Å²) in [5.41, 5.74) is 10.6. The molecule has 0 bridgehead atoms. The predicted octanol–water partition coefficient (Wildman–Crippen LogP) is 14.8. The number of methoxy groups -OCH3 is 3. The lowest BCUT2D eigenvalue weighted by molar-refractivity contribution is -0.136. The van der Waals surface area contributed by atoms with Gasteiger partial charge in [0.25, 0.3) is 0 Å². The number of furan rings is 2. The first-order valence-electron chi connectivity index (χ1n) is 40.6. The van der Waals surface area contributed by atoms with Gasteiger partial charge < -0.3 is 87.4 Å². The smallest absolute Gasteiger partial charge is 0.462 e. The van der Waals surface area contributed by atoms with Gasteiger partial charge in [-0.15, -0.1) is 0 Å². The van der Waals surface area contributed by atoms with E-state index < -0.39 is 85.3 Å². The van der Waals surface area contributed by atoms with Gasteiger partial charge in [0.1, 0.15) is 64.8 Å². The molecule has 4 aromatic carbocycles. The van der Waals surface area contributed by atoms with Gasteiger partial charge in [-0.25, -0.2) is 33.7 Å². The number of carbonyl (C=O) groups is 6. The molecule has 0 saturated carbocycles. The minimum Gasteiger partial charge on any atom is -0.462 e. The van der Waals surface area contributed by atoms with Crippen LogP contribution in [0.5, 0.6) is 11.5 Å². The Labute approximate surface area is 687 Å². The van der Waals surface area contributed by atoms with Crippen LogP contribution in [0.3, 0.4) is 0 Å². The number of rotatable bonds is 18. The summed E-state index contributed by atoms with van der Waals surface area (Å²) in [6.07, 6.45) is 4.01. The number of imidazole rings is 3. The summed E-state index contributed by atoms with van der Waals surface area (Å²) >= 11 is 0. The molecular weight excluding hydrogens is 1520 g/mol.